The van der Waals surface area contributed by atoms with E-state index in [2.05, 4.69) is 16.8 Å². The van der Waals surface area contributed by atoms with Crippen LogP contribution in [0.4, 0.5) is 0 Å². The van der Waals surface area contributed by atoms with Gasteiger partial charge in [0, 0.05) is 57.8 Å². The summed E-state index contributed by atoms with van der Waals surface area (Å²) in [6, 6.07) is 3.65. The Morgan fingerprint density at radius 1 is 1.00 bits per heavy atom. The minimum absolute atomic E-state index is 0.0823. The number of nitrogens with zero attached hydrogens (tertiary/aromatic N) is 5. The van der Waals surface area contributed by atoms with Gasteiger partial charge in [-0.3, -0.25) is 23.9 Å². The summed E-state index contributed by atoms with van der Waals surface area (Å²) in [6.07, 6.45) is 5.79. The van der Waals surface area contributed by atoms with Crippen molar-refractivity contribution < 1.29 is 19.1 Å². The Balaban J connectivity index is 1.25. The number of benzene rings is 1. The predicted molar refractivity (Wildman–Crippen MR) is 136 cm³/mol. The number of amides is 2. The van der Waals surface area contributed by atoms with Gasteiger partial charge in [-0.25, -0.2) is 4.98 Å². The largest absolute Gasteiger partial charge is 0.493 e. The van der Waals surface area contributed by atoms with Gasteiger partial charge in [-0.15, -0.1) is 0 Å². The fourth-order valence-corrected chi connectivity index (χ4v) is 5.11. The lowest BCUT2D eigenvalue weighted by molar-refractivity contribution is -0.137. The first-order valence-corrected chi connectivity index (χ1v) is 12.8. The molecule has 0 bridgehead atoms. The molecule has 1 aromatic carbocycles. The van der Waals surface area contributed by atoms with Crippen LogP contribution < -0.4 is 15.0 Å². The minimum atomic E-state index is -0.172. The van der Waals surface area contributed by atoms with Gasteiger partial charge < -0.3 is 19.3 Å². The van der Waals surface area contributed by atoms with Crippen LogP contribution in [0.5, 0.6) is 11.5 Å². The maximum absolute atomic E-state index is 12.9. The maximum Gasteiger partial charge on any atom is 0.261 e. The van der Waals surface area contributed by atoms with Gasteiger partial charge in [-0.2, -0.15) is 0 Å². The Kier molecular flexibility index (Phi) is 8.45. The third-order valence-electron chi connectivity index (χ3n) is 7.33. The third kappa shape index (κ3) is 5.80. The third-order valence-corrected chi connectivity index (χ3v) is 7.33. The number of carbonyl (C=O) groups excluding carboxylic acids is 2. The van der Waals surface area contributed by atoms with Gasteiger partial charge in [0.05, 0.1) is 38.0 Å². The number of fused-ring (bicyclic) bond motifs is 1. The van der Waals surface area contributed by atoms with Crippen molar-refractivity contribution in [1.29, 1.82) is 0 Å². The lowest BCUT2D eigenvalue weighted by Crippen LogP contribution is -2.53. The van der Waals surface area contributed by atoms with Gasteiger partial charge in [0.15, 0.2) is 11.5 Å². The number of likely N-dealkylation sites (tertiary alicyclic amines) is 1. The molecule has 0 saturated carbocycles. The number of carbonyl (C=O) groups is 2. The van der Waals surface area contributed by atoms with Crippen molar-refractivity contribution in [2.24, 2.45) is 0 Å². The summed E-state index contributed by atoms with van der Waals surface area (Å²) in [5.74, 6) is 1.28. The van der Waals surface area contributed by atoms with E-state index in [0.717, 1.165) is 19.4 Å². The second-order valence-corrected chi connectivity index (χ2v) is 9.66. The smallest absolute Gasteiger partial charge is 0.261 e. The highest BCUT2D eigenvalue weighted by atomic mass is 16.5. The second kappa shape index (κ2) is 11.7. The zero-order chi connectivity index (χ0) is 25.7. The Bertz CT molecular complexity index is 1140. The molecule has 1 aromatic heterocycles. The van der Waals surface area contributed by atoms with Crippen LogP contribution in [0.2, 0.25) is 0 Å². The fourth-order valence-electron chi connectivity index (χ4n) is 5.11. The van der Waals surface area contributed by atoms with Crippen molar-refractivity contribution in [3.63, 3.8) is 0 Å². The van der Waals surface area contributed by atoms with Crippen LogP contribution in [0.1, 0.15) is 39.0 Å². The first kappa shape index (κ1) is 25.9. The Morgan fingerprint density at radius 3 is 2.42 bits per heavy atom. The van der Waals surface area contributed by atoms with E-state index in [-0.39, 0.29) is 17.4 Å². The molecule has 2 aliphatic heterocycles. The van der Waals surface area contributed by atoms with Gasteiger partial charge in [0.25, 0.3) is 5.56 Å². The molecule has 0 N–H and O–H groups in total. The Labute approximate surface area is 211 Å². The van der Waals surface area contributed by atoms with E-state index >= 15 is 0 Å². The molecule has 36 heavy (non-hydrogen) atoms. The van der Waals surface area contributed by atoms with E-state index in [1.807, 2.05) is 9.80 Å². The highest BCUT2D eigenvalue weighted by molar-refractivity contribution is 5.81. The highest BCUT2D eigenvalue weighted by Gasteiger charge is 2.27. The summed E-state index contributed by atoms with van der Waals surface area (Å²) in [5.41, 5.74) is 0.366. The number of rotatable bonds is 8. The van der Waals surface area contributed by atoms with Gasteiger partial charge >= 0.3 is 0 Å². The summed E-state index contributed by atoms with van der Waals surface area (Å²) >= 11 is 0. The van der Waals surface area contributed by atoms with E-state index in [4.69, 9.17) is 9.47 Å². The summed E-state index contributed by atoms with van der Waals surface area (Å²) in [4.78, 5) is 48.8. The standard InChI is InChI=1S/C26H37N5O5/c1-19-7-4-5-10-31(19)25(33)17-28-11-13-29(14-12-28)24(32)8-6-9-30-18-27-21-16-23(36-3)22(35-2)15-20(21)26(30)34/h15-16,18-19H,4-14,17H2,1-3H3. The first-order valence-electron chi connectivity index (χ1n) is 12.8. The van der Waals surface area contributed by atoms with Crippen molar-refractivity contribution >= 4 is 22.7 Å². The van der Waals surface area contributed by atoms with Crippen molar-refractivity contribution in [3.8, 4) is 11.5 Å². The molecule has 1 atom stereocenters. The SMILES string of the molecule is COc1cc2ncn(CCCC(=O)N3CCN(CC(=O)N4CCCCC4C)CC3)c(=O)c2cc1OC. The number of piperazine rings is 1. The van der Waals surface area contributed by atoms with Gasteiger partial charge in [0.2, 0.25) is 11.8 Å². The Hall–Kier alpha value is -3.14. The molecule has 3 heterocycles. The van der Waals surface area contributed by atoms with Crippen molar-refractivity contribution in [2.75, 3.05) is 53.5 Å². The van der Waals surface area contributed by atoms with Gasteiger partial charge in [0.1, 0.15) is 0 Å². The number of methoxy groups -OCH3 is 2. The van der Waals surface area contributed by atoms with Crippen LogP contribution >= 0.6 is 0 Å². The van der Waals surface area contributed by atoms with Crippen LogP contribution in [0.15, 0.2) is 23.3 Å². The second-order valence-electron chi connectivity index (χ2n) is 9.66. The number of aryl methyl sites for hydroxylation is 1. The zero-order valence-electron chi connectivity index (χ0n) is 21.6. The molecule has 0 radical (unpaired) electrons. The highest BCUT2D eigenvalue weighted by Crippen LogP contribution is 2.29. The van der Waals surface area contributed by atoms with Gasteiger partial charge in [-0.1, -0.05) is 0 Å². The van der Waals surface area contributed by atoms with Crippen molar-refractivity contribution in [2.45, 2.75) is 51.6 Å². The topological polar surface area (TPSA) is 97.2 Å². The number of hydrogen-bond acceptors (Lipinski definition) is 7. The molecule has 0 spiro atoms. The van der Waals surface area contributed by atoms with E-state index in [0.29, 0.717) is 80.6 Å². The molecular formula is C26H37N5O5. The lowest BCUT2D eigenvalue weighted by atomic mass is 10.0. The number of ether oxygens (including phenoxy) is 2. The summed E-state index contributed by atoms with van der Waals surface area (Å²) in [5, 5.41) is 0.450. The molecule has 196 valence electrons. The predicted octanol–water partition coefficient (Wildman–Crippen LogP) is 1.74. The minimum Gasteiger partial charge on any atom is -0.493 e. The number of hydrogen-bond donors (Lipinski definition) is 0. The van der Waals surface area contributed by atoms with Crippen molar-refractivity contribution in [3.05, 3.63) is 28.8 Å². The summed E-state index contributed by atoms with van der Waals surface area (Å²) in [7, 11) is 3.06. The van der Waals surface area contributed by atoms with E-state index in [9.17, 15) is 14.4 Å². The monoisotopic (exact) mass is 499 g/mol. The number of piperidine rings is 1. The average Bonchev–Trinajstić information content (AvgIpc) is 2.89. The first-order chi connectivity index (χ1) is 17.4. The van der Waals surface area contributed by atoms with Crippen LogP contribution in [-0.4, -0.2) is 95.6 Å². The molecule has 10 heteroatoms. The normalized spacial score (nSPS) is 18.9. The molecule has 1 unspecified atom stereocenters. The zero-order valence-corrected chi connectivity index (χ0v) is 21.6. The molecule has 2 saturated heterocycles. The molecule has 2 aliphatic rings. The van der Waals surface area contributed by atoms with E-state index < -0.39 is 0 Å². The lowest BCUT2D eigenvalue weighted by Gasteiger charge is -2.38. The van der Waals surface area contributed by atoms with Crippen LogP contribution in [0, 0.1) is 0 Å². The molecule has 0 aliphatic carbocycles. The summed E-state index contributed by atoms with van der Waals surface area (Å²) in [6.45, 7) is 6.49. The van der Waals surface area contributed by atoms with Gasteiger partial charge in [-0.05, 0) is 38.7 Å². The van der Waals surface area contributed by atoms with Crippen LogP contribution in [0.25, 0.3) is 10.9 Å². The van der Waals surface area contributed by atoms with E-state index in [1.165, 1.54) is 31.5 Å². The van der Waals surface area contributed by atoms with Crippen LogP contribution in [-0.2, 0) is 16.1 Å². The Morgan fingerprint density at radius 2 is 1.72 bits per heavy atom. The summed E-state index contributed by atoms with van der Waals surface area (Å²) < 4.78 is 12.1. The average molecular weight is 500 g/mol. The maximum atomic E-state index is 12.9. The van der Waals surface area contributed by atoms with Crippen LogP contribution in [0.3, 0.4) is 0 Å². The number of aromatic nitrogens is 2. The molecule has 10 nitrogen and oxygen atoms in total. The van der Waals surface area contributed by atoms with E-state index in [1.54, 1.807) is 12.1 Å². The fraction of sp³-hybridized carbons (Fsp3) is 0.615. The molecular weight excluding hydrogens is 462 g/mol. The molecule has 2 amide bonds. The quantitative estimate of drug-likeness (QED) is 0.546. The molecule has 2 fully saturated rings. The molecule has 2 aromatic rings. The van der Waals surface area contributed by atoms with Crippen molar-refractivity contribution in [1.82, 2.24) is 24.3 Å². The molecule has 4 rings (SSSR count).